The Labute approximate surface area is 106 Å². The molecule has 3 heteroatoms. The van der Waals surface area contributed by atoms with E-state index in [4.69, 9.17) is 0 Å². The summed E-state index contributed by atoms with van der Waals surface area (Å²) in [6.07, 6.45) is 2.99. The summed E-state index contributed by atoms with van der Waals surface area (Å²) in [5.74, 6) is 0. The van der Waals surface area contributed by atoms with E-state index in [9.17, 15) is 5.11 Å². The van der Waals surface area contributed by atoms with Crippen molar-refractivity contribution in [1.82, 2.24) is 4.98 Å². The Morgan fingerprint density at radius 2 is 2.12 bits per heavy atom. The smallest absolute Gasteiger partial charge is 0.0925 e. The van der Waals surface area contributed by atoms with Gasteiger partial charge in [0.25, 0.3) is 0 Å². The Hall–Kier alpha value is -1.19. The minimum Gasteiger partial charge on any atom is -0.388 e. The van der Waals surface area contributed by atoms with E-state index in [0.29, 0.717) is 0 Å². The average Bonchev–Trinajstić information content (AvgIpc) is 2.82. The van der Waals surface area contributed by atoms with Crippen molar-refractivity contribution in [3.8, 4) is 0 Å². The number of hydrogen-bond donors (Lipinski definition) is 1. The molecule has 90 valence electrons. The van der Waals surface area contributed by atoms with Gasteiger partial charge in [-0.05, 0) is 37.0 Å². The van der Waals surface area contributed by atoms with Crippen LogP contribution in [0.5, 0.6) is 0 Å². The maximum absolute atomic E-state index is 10.1. The summed E-state index contributed by atoms with van der Waals surface area (Å²) in [5, 5.41) is 13.2. The third kappa shape index (κ3) is 3.14. The van der Waals surface area contributed by atoms with Crippen LogP contribution in [0.3, 0.4) is 0 Å². The Morgan fingerprint density at radius 3 is 2.76 bits per heavy atom. The molecule has 0 radical (unpaired) electrons. The van der Waals surface area contributed by atoms with Crippen molar-refractivity contribution in [2.75, 3.05) is 0 Å². The molecule has 17 heavy (non-hydrogen) atoms. The summed E-state index contributed by atoms with van der Waals surface area (Å²) in [5.41, 5.74) is 3.50. The van der Waals surface area contributed by atoms with Crippen molar-refractivity contribution in [2.45, 2.75) is 32.8 Å². The average molecular weight is 247 g/mol. The predicted octanol–water partition coefficient (Wildman–Crippen LogP) is 3.43. The first-order valence-corrected chi connectivity index (χ1v) is 6.68. The van der Waals surface area contributed by atoms with E-state index in [0.717, 1.165) is 23.4 Å². The van der Waals surface area contributed by atoms with E-state index >= 15 is 0 Å². The number of rotatable bonds is 4. The van der Waals surface area contributed by atoms with Gasteiger partial charge < -0.3 is 5.11 Å². The Kier molecular flexibility index (Phi) is 3.92. The van der Waals surface area contributed by atoms with Crippen LogP contribution in [0.25, 0.3) is 0 Å². The van der Waals surface area contributed by atoms with Gasteiger partial charge in [-0.3, -0.25) is 0 Å². The molecule has 0 aliphatic rings. The van der Waals surface area contributed by atoms with Crippen LogP contribution in [0.15, 0.2) is 29.8 Å². The maximum Gasteiger partial charge on any atom is 0.0925 e. The molecular weight excluding hydrogens is 230 g/mol. The van der Waals surface area contributed by atoms with Gasteiger partial charge in [-0.2, -0.15) is 0 Å². The Balaban J connectivity index is 1.99. The quantitative estimate of drug-likeness (QED) is 0.898. The lowest BCUT2D eigenvalue weighted by atomic mass is 10.0. The summed E-state index contributed by atoms with van der Waals surface area (Å²) >= 11 is 1.64. The minimum atomic E-state index is -0.391. The third-order valence-electron chi connectivity index (χ3n) is 3.03. The lowest BCUT2D eigenvalue weighted by Crippen LogP contribution is -2.00. The molecule has 2 rings (SSSR count). The van der Waals surface area contributed by atoms with Crippen LogP contribution in [0, 0.1) is 13.8 Å². The maximum atomic E-state index is 10.1. The summed E-state index contributed by atoms with van der Waals surface area (Å²) in [4.78, 5) is 4.22. The molecule has 1 N–H and O–H groups in total. The Bertz CT molecular complexity index is 479. The summed E-state index contributed by atoms with van der Waals surface area (Å²) < 4.78 is 0. The highest BCUT2D eigenvalue weighted by Crippen LogP contribution is 2.21. The number of benzene rings is 1. The lowest BCUT2D eigenvalue weighted by molar-refractivity contribution is 0.167. The monoisotopic (exact) mass is 247 g/mol. The molecule has 0 fully saturated rings. The summed E-state index contributed by atoms with van der Waals surface area (Å²) in [6.45, 7) is 4.16. The van der Waals surface area contributed by atoms with Gasteiger partial charge in [-0.1, -0.05) is 18.2 Å². The van der Waals surface area contributed by atoms with Gasteiger partial charge in [0.1, 0.15) is 0 Å². The molecule has 0 bridgehead atoms. The molecule has 1 heterocycles. The van der Waals surface area contributed by atoms with Gasteiger partial charge in [0.05, 0.1) is 11.1 Å². The predicted molar refractivity (Wildman–Crippen MR) is 71.3 cm³/mol. The highest BCUT2D eigenvalue weighted by Gasteiger charge is 2.09. The second kappa shape index (κ2) is 5.43. The van der Waals surface area contributed by atoms with Crippen LogP contribution in [-0.4, -0.2) is 10.1 Å². The van der Waals surface area contributed by atoms with Crippen LogP contribution in [0.1, 0.15) is 34.2 Å². The fraction of sp³-hybridized carbons (Fsp3) is 0.357. The number of aliphatic hydroxyl groups is 1. The normalized spacial score (nSPS) is 12.6. The fourth-order valence-corrected chi connectivity index (χ4v) is 2.41. The third-order valence-corrected chi connectivity index (χ3v) is 3.87. The van der Waals surface area contributed by atoms with Crippen molar-refractivity contribution in [1.29, 1.82) is 0 Å². The highest BCUT2D eigenvalue weighted by atomic mass is 32.1. The van der Waals surface area contributed by atoms with E-state index in [1.165, 1.54) is 11.1 Å². The van der Waals surface area contributed by atoms with E-state index < -0.39 is 6.10 Å². The van der Waals surface area contributed by atoms with E-state index in [2.05, 4.69) is 31.0 Å². The number of aryl methyl sites for hydroxylation is 3. The second-order valence-corrected chi connectivity index (χ2v) is 5.30. The van der Waals surface area contributed by atoms with Gasteiger partial charge in [0.2, 0.25) is 0 Å². The van der Waals surface area contributed by atoms with Crippen LogP contribution in [0.2, 0.25) is 0 Å². The second-order valence-electron chi connectivity index (χ2n) is 4.32. The Morgan fingerprint density at radius 1 is 1.29 bits per heavy atom. The van der Waals surface area contributed by atoms with E-state index in [1.807, 2.05) is 17.6 Å². The van der Waals surface area contributed by atoms with Crippen molar-refractivity contribution < 1.29 is 5.11 Å². The van der Waals surface area contributed by atoms with Crippen molar-refractivity contribution in [2.24, 2.45) is 0 Å². The molecule has 1 aromatic heterocycles. The van der Waals surface area contributed by atoms with Gasteiger partial charge >= 0.3 is 0 Å². The molecule has 0 saturated heterocycles. The first kappa shape index (κ1) is 12.3. The molecule has 0 aliphatic carbocycles. The molecule has 1 atom stereocenters. The zero-order valence-corrected chi connectivity index (χ0v) is 11.0. The highest BCUT2D eigenvalue weighted by molar-refractivity contribution is 7.09. The number of aliphatic hydroxyl groups excluding tert-OH is 1. The van der Waals surface area contributed by atoms with Crippen molar-refractivity contribution in [3.05, 3.63) is 51.5 Å². The molecule has 2 aromatic rings. The first-order chi connectivity index (χ1) is 8.16. The number of nitrogens with zero attached hydrogens (tertiary/aromatic N) is 1. The van der Waals surface area contributed by atoms with Crippen LogP contribution in [-0.2, 0) is 6.42 Å². The zero-order valence-electron chi connectivity index (χ0n) is 10.2. The van der Waals surface area contributed by atoms with Crippen molar-refractivity contribution >= 4 is 11.3 Å². The SMILES string of the molecule is Cc1ccc(C(O)CCc2nccs2)cc1C. The van der Waals surface area contributed by atoms with Gasteiger partial charge in [0.15, 0.2) is 0 Å². The van der Waals surface area contributed by atoms with Crippen LogP contribution in [0.4, 0.5) is 0 Å². The molecular formula is C14H17NOS. The molecule has 0 spiro atoms. The number of hydrogen-bond acceptors (Lipinski definition) is 3. The topological polar surface area (TPSA) is 33.1 Å². The summed E-state index contributed by atoms with van der Waals surface area (Å²) in [7, 11) is 0. The molecule has 1 aromatic carbocycles. The number of thiazole rings is 1. The van der Waals surface area contributed by atoms with E-state index in [1.54, 1.807) is 11.3 Å². The molecule has 0 aliphatic heterocycles. The van der Waals surface area contributed by atoms with Gasteiger partial charge in [-0.25, -0.2) is 4.98 Å². The minimum absolute atomic E-state index is 0.391. The van der Waals surface area contributed by atoms with Crippen LogP contribution < -0.4 is 0 Å². The summed E-state index contributed by atoms with van der Waals surface area (Å²) in [6, 6.07) is 6.15. The largest absolute Gasteiger partial charge is 0.388 e. The van der Waals surface area contributed by atoms with Crippen LogP contribution >= 0.6 is 11.3 Å². The van der Waals surface area contributed by atoms with Gasteiger partial charge in [-0.15, -0.1) is 11.3 Å². The molecule has 2 nitrogen and oxygen atoms in total. The zero-order chi connectivity index (χ0) is 12.3. The lowest BCUT2D eigenvalue weighted by Gasteiger charge is -2.11. The fourth-order valence-electron chi connectivity index (χ4n) is 1.78. The first-order valence-electron chi connectivity index (χ1n) is 5.80. The molecule has 0 saturated carbocycles. The molecule has 0 amide bonds. The molecule has 1 unspecified atom stereocenters. The van der Waals surface area contributed by atoms with E-state index in [-0.39, 0.29) is 0 Å². The standard InChI is InChI=1S/C14H17NOS/c1-10-3-4-12(9-11(10)2)13(16)5-6-14-15-7-8-17-14/h3-4,7-9,13,16H,5-6H2,1-2H3. The van der Waals surface area contributed by atoms with Crippen molar-refractivity contribution in [3.63, 3.8) is 0 Å². The van der Waals surface area contributed by atoms with Gasteiger partial charge in [0, 0.05) is 18.0 Å². The number of aromatic nitrogens is 1.